The molecule has 15 heavy (non-hydrogen) atoms. The van der Waals surface area contributed by atoms with E-state index in [1.165, 1.54) is 0 Å². The molecule has 0 saturated carbocycles. The van der Waals surface area contributed by atoms with E-state index in [0.29, 0.717) is 0 Å². The van der Waals surface area contributed by atoms with Crippen LogP contribution in [0.1, 0.15) is 12.1 Å². The van der Waals surface area contributed by atoms with Crippen LogP contribution in [0.2, 0.25) is 0 Å². The lowest BCUT2D eigenvalue weighted by atomic mass is 10.4. The fraction of sp³-hybridized carbons (Fsp3) is 0.364. The molecule has 80 valence electrons. The van der Waals surface area contributed by atoms with Gasteiger partial charge < -0.3 is 14.8 Å². The van der Waals surface area contributed by atoms with Crippen LogP contribution >= 0.6 is 0 Å². The summed E-state index contributed by atoms with van der Waals surface area (Å²) in [6.07, 6.45) is 4.79. The van der Waals surface area contributed by atoms with Crippen molar-refractivity contribution in [2.45, 2.75) is 13.0 Å². The van der Waals surface area contributed by atoms with E-state index in [1.807, 2.05) is 35.0 Å². The summed E-state index contributed by atoms with van der Waals surface area (Å²) in [6, 6.07) is 5.94. The first kappa shape index (κ1) is 10.1. The molecule has 0 amide bonds. The highest BCUT2D eigenvalue weighted by molar-refractivity contribution is 5.39. The van der Waals surface area contributed by atoms with Crippen LogP contribution in [0.25, 0.3) is 5.65 Å². The standard InChI is InChI=1S/C11H15N3O/c15-7-3-5-12-8-10-9-14-6-2-1-4-11(14)13-10/h1-2,4,6,9,12,15H,3,5,7-8H2. The van der Waals surface area contributed by atoms with Crippen molar-refractivity contribution in [1.82, 2.24) is 14.7 Å². The third-order valence-corrected chi connectivity index (χ3v) is 2.23. The molecule has 2 rings (SSSR count). The Bertz CT molecular complexity index is 391. The molecule has 0 fully saturated rings. The Kier molecular flexibility index (Phi) is 3.32. The molecule has 0 spiro atoms. The second-order valence-corrected chi connectivity index (χ2v) is 3.45. The average molecular weight is 205 g/mol. The largest absolute Gasteiger partial charge is 0.396 e. The topological polar surface area (TPSA) is 49.6 Å². The van der Waals surface area contributed by atoms with E-state index in [4.69, 9.17) is 5.11 Å². The lowest BCUT2D eigenvalue weighted by molar-refractivity contribution is 0.286. The van der Waals surface area contributed by atoms with Crippen LogP contribution in [0, 0.1) is 0 Å². The molecule has 0 unspecified atom stereocenters. The minimum atomic E-state index is 0.234. The van der Waals surface area contributed by atoms with E-state index < -0.39 is 0 Å². The summed E-state index contributed by atoms with van der Waals surface area (Å²) < 4.78 is 2.00. The number of nitrogens with one attached hydrogen (secondary N) is 1. The number of aliphatic hydroxyl groups excluding tert-OH is 1. The molecule has 0 aromatic carbocycles. The van der Waals surface area contributed by atoms with Gasteiger partial charge in [0, 0.05) is 25.5 Å². The van der Waals surface area contributed by atoms with Crippen molar-refractivity contribution in [3.63, 3.8) is 0 Å². The van der Waals surface area contributed by atoms with E-state index in [2.05, 4.69) is 10.3 Å². The summed E-state index contributed by atoms with van der Waals surface area (Å²) in [4.78, 5) is 4.45. The van der Waals surface area contributed by atoms with E-state index in [-0.39, 0.29) is 6.61 Å². The van der Waals surface area contributed by atoms with E-state index >= 15 is 0 Å². The highest BCUT2D eigenvalue weighted by Crippen LogP contribution is 2.03. The molecule has 2 aromatic rings. The monoisotopic (exact) mass is 205 g/mol. The minimum Gasteiger partial charge on any atom is -0.396 e. The van der Waals surface area contributed by atoms with Crippen molar-refractivity contribution < 1.29 is 5.11 Å². The molecule has 2 heterocycles. The Morgan fingerprint density at radius 2 is 2.33 bits per heavy atom. The van der Waals surface area contributed by atoms with Gasteiger partial charge in [-0.15, -0.1) is 0 Å². The lowest BCUT2D eigenvalue weighted by Crippen LogP contribution is -2.15. The van der Waals surface area contributed by atoms with Gasteiger partial charge in [0.15, 0.2) is 0 Å². The van der Waals surface area contributed by atoms with Gasteiger partial charge in [0.2, 0.25) is 0 Å². The van der Waals surface area contributed by atoms with Gasteiger partial charge in [0.05, 0.1) is 5.69 Å². The molecule has 0 atom stereocenters. The highest BCUT2D eigenvalue weighted by Gasteiger charge is 1.99. The number of hydrogen-bond acceptors (Lipinski definition) is 3. The first-order valence-electron chi connectivity index (χ1n) is 5.14. The Labute approximate surface area is 88.6 Å². The van der Waals surface area contributed by atoms with Crippen molar-refractivity contribution in [2.75, 3.05) is 13.2 Å². The number of pyridine rings is 1. The Hall–Kier alpha value is -1.39. The predicted octanol–water partition coefficient (Wildman–Crippen LogP) is 0.806. The number of fused-ring (bicyclic) bond motifs is 1. The first-order chi connectivity index (χ1) is 7.40. The van der Waals surface area contributed by atoms with Crippen LogP contribution < -0.4 is 5.32 Å². The van der Waals surface area contributed by atoms with Crippen molar-refractivity contribution in [2.24, 2.45) is 0 Å². The molecule has 0 aliphatic carbocycles. The molecule has 0 radical (unpaired) electrons. The van der Waals surface area contributed by atoms with Gasteiger partial charge in [0.25, 0.3) is 0 Å². The minimum absolute atomic E-state index is 0.234. The molecule has 0 aliphatic heterocycles. The molecule has 0 bridgehead atoms. The van der Waals surface area contributed by atoms with Gasteiger partial charge in [-0.1, -0.05) is 6.07 Å². The number of nitrogens with zero attached hydrogens (tertiary/aromatic N) is 2. The Balaban J connectivity index is 1.97. The van der Waals surface area contributed by atoms with Gasteiger partial charge in [-0.3, -0.25) is 0 Å². The number of rotatable bonds is 5. The third kappa shape index (κ3) is 2.55. The maximum Gasteiger partial charge on any atom is 0.137 e. The maximum atomic E-state index is 8.62. The van der Waals surface area contributed by atoms with Gasteiger partial charge in [-0.25, -0.2) is 4.98 Å². The van der Waals surface area contributed by atoms with Crippen LogP contribution in [-0.2, 0) is 6.54 Å². The highest BCUT2D eigenvalue weighted by atomic mass is 16.3. The second-order valence-electron chi connectivity index (χ2n) is 3.45. The third-order valence-electron chi connectivity index (χ3n) is 2.23. The smallest absolute Gasteiger partial charge is 0.137 e. The fourth-order valence-electron chi connectivity index (χ4n) is 1.49. The van der Waals surface area contributed by atoms with Crippen molar-refractivity contribution in [3.05, 3.63) is 36.3 Å². The van der Waals surface area contributed by atoms with Crippen molar-refractivity contribution in [1.29, 1.82) is 0 Å². The van der Waals surface area contributed by atoms with Gasteiger partial charge in [-0.05, 0) is 25.1 Å². The van der Waals surface area contributed by atoms with Crippen molar-refractivity contribution >= 4 is 5.65 Å². The lowest BCUT2D eigenvalue weighted by Gasteiger charge is -1.98. The molecule has 4 nitrogen and oxygen atoms in total. The van der Waals surface area contributed by atoms with E-state index in [9.17, 15) is 0 Å². The number of aliphatic hydroxyl groups is 1. The van der Waals surface area contributed by atoms with Gasteiger partial charge in [-0.2, -0.15) is 0 Å². The van der Waals surface area contributed by atoms with Crippen LogP contribution in [0.3, 0.4) is 0 Å². The zero-order valence-electron chi connectivity index (χ0n) is 8.56. The molecular weight excluding hydrogens is 190 g/mol. The molecule has 4 heteroatoms. The van der Waals surface area contributed by atoms with E-state index in [1.54, 1.807) is 0 Å². The van der Waals surface area contributed by atoms with Gasteiger partial charge >= 0.3 is 0 Å². The summed E-state index contributed by atoms with van der Waals surface area (Å²) in [6.45, 7) is 1.81. The summed E-state index contributed by atoms with van der Waals surface area (Å²) in [5.74, 6) is 0. The van der Waals surface area contributed by atoms with Crippen molar-refractivity contribution in [3.8, 4) is 0 Å². The maximum absolute atomic E-state index is 8.62. The zero-order chi connectivity index (χ0) is 10.5. The molecular formula is C11H15N3O. The average Bonchev–Trinajstić information content (AvgIpc) is 2.67. The summed E-state index contributed by atoms with van der Waals surface area (Å²) in [5.41, 5.74) is 2.00. The Morgan fingerprint density at radius 3 is 3.13 bits per heavy atom. The number of hydrogen-bond donors (Lipinski definition) is 2. The van der Waals surface area contributed by atoms with Crippen LogP contribution in [0.15, 0.2) is 30.6 Å². The first-order valence-corrected chi connectivity index (χ1v) is 5.14. The molecule has 0 aliphatic rings. The molecule has 2 aromatic heterocycles. The number of imidazole rings is 1. The second kappa shape index (κ2) is 4.91. The normalized spacial score (nSPS) is 11.0. The molecule has 2 N–H and O–H groups in total. The van der Waals surface area contributed by atoms with Crippen LogP contribution in [-0.4, -0.2) is 27.6 Å². The number of aromatic nitrogens is 2. The van der Waals surface area contributed by atoms with Gasteiger partial charge in [0.1, 0.15) is 5.65 Å². The summed E-state index contributed by atoms with van der Waals surface area (Å²) in [7, 11) is 0. The molecule has 0 saturated heterocycles. The van der Waals surface area contributed by atoms with E-state index in [0.717, 1.165) is 30.9 Å². The SMILES string of the molecule is OCCCNCc1cn2ccccc2n1. The zero-order valence-corrected chi connectivity index (χ0v) is 8.56. The van der Waals surface area contributed by atoms with Crippen LogP contribution in [0.4, 0.5) is 0 Å². The quantitative estimate of drug-likeness (QED) is 0.710. The summed E-state index contributed by atoms with van der Waals surface area (Å²) >= 11 is 0. The fourth-order valence-corrected chi connectivity index (χ4v) is 1.49. The summed E-state index contributed by atoms with van der Waals surface area (Å²) in [5, 5.41) is 11.8. The Morgan fingerprint density at radius 1 is 1.40 bits per heavy atom. The van der Waals surface area contributed by atoms with Crippen LogP contribution in [0.5, 0.6) is 0 Å². The predicted molar refractivity (Wildman–Crippen MR) is 58.6 cm³/mol.